The number of nitrogens with two attached hydrogens (primary N) is 1. The zero-order valence-corrected chi connectivity index (χ0v) is 13.8. The van der Waals surface area contributed by atoms with Crippen molar-refractivity contribution < 1.29 is 12.8 Å². The number of nitrogens with zero attached hydrogens (tertiary/aromatic N) is 1. The molecular weight excluding hydrogens is 346 g/mol. The van der Waals surface area contributed by atoms with Crippen molar-refractivity contribution in [1.82, 2.24) is 9.62 Å². The first-order chi connectivity index (χ1) is 9.47. The molecular formula is C12H20BrN3O3S. The Morgan fingerprint density at radius 3 is 2.95 bits per heavy atom. The van der Waals surface area contributed by atoms with Crippen molar-refractivity contribution in [1.29, 1.82) is 0 Å². The number of nitrogens with one attached hydrogen (secondary N) is 1. The molecule has 0 aliphatic carbocycles. The van der Waals surface area contributed by atoms with Gasteiger partial charge in [-0.3, -0.25) is 4.90 Å². The highest BCUT2D eigenvalue weighted by atomic mass is 79.9. The largest absolute Gasteiger partial charge is 0.452 e. The van der Waals surface area contributed by atoms with Crippen molar-refractivity contribution in [2.45, 2.75) is 37.2 Å². The standard InChI is InChI=1S/C12H20BrN3O3S/c1-2-16-5-3-4-9(16)8-15-20(17,18)11-6-10(7-14)19-12(11)13/h6,9,15H,2-5,7-8,14H2,1H3. The minimum absolute atomic E-state index is 0.110. The molecule has 1 atom stereocenters. The van der Waals surface area contributed by atoms with Gasteiger partial charge in [0.05, 0.1) is 6.54 Å². The number of hydrogen-bond donors (Lipinski definition) is 2. The SMILES string of the molecule is CCN1CCCC1CNS(=O)(=O)c1cc(CN)oc1Br. The third-order valence-electron chi connectivity index (χ3n) is 3.61. The molecule has 1 saturated heterocycles. The highest BCUT2D eigenvalue weighted by molar-refractivity contribution is 9.10. The number of halogens is 1. The predicted molar refractivity (Wildman–Crippen MR) is 79.8 cm³/mol. The summed E-state index contributed by atoms with van der Waals surface area (Å²) in [7, 11) is -3.57. The molecule has 0 radical (unpaired) electrons. The Hall–Kier alpha value is -0.410. The van der Waals surface area contributed by atoms with Gasteiger partial charge >= 0.3 is 0 Å². The lowest BCUT2D eigenvalue weighted by Gasteiger charge is -2.22. The summed E-state index contributed by atoms with van der Waals surface area (Å²) in [4.78, 5) is 2.40. The lowest BCUT2D eigenvalue weighted by atomic mass is 10.2. The third kappa shape index (κ3) is 3.43. The summed E-state index contributed by atoms with van der Waals surface area (Å²) < 4.78 is 32.6. The maximum atomic E-state index is 12.3. The number of rotatable bonds is 6. The van der Waals surface area contributed by atoms with E-state index in [0.29, 0.717) is 12.3 Å². The van der Waals surface area contributed by atoms with E-state index in [1.54, 1.807) is 0 Å². The first-order valence-electron chi connectivity index (χ1n) is 6.70. The lowest BCUT2D eigenvalue weighted by molar-refractivity contribution is 0.268. The molecule has 0 saturated carbocycles. The number of likely N-dealkylation sites (N-methyl/N-ethyl adjacent to an activating group) is 1. The van der Waals surface area contributed by atoms with Crippen LogP contribution in [0.15, 0.2) is 20.0 Å². The van der Waals surface area contributed by atoms with E-state index in [2.05, 4.69) is 32.5 Å². The van der Waals surface area contributed by atoms with Crippen molar-refractivity contribution in [2.75, 3.05) is 19.6 Å². The summed E-state index contributed by atoms with van der Waals surface area (Å²) in [5, 5.41) is 0. The monoisotopic (exact) mass is 365 g/mol. The second kappa shape index (κ2) is 6.57. The third-order valence-corrected chi connectivity index (χ3v) is 5.89. The summed E-state index contributed by atoms with van der Waals surface area (Å²) in [6.07, 6.45) is 2.14. The van der Waals surface area contributed by atoms with E-state index >= 15 is 0 Å². The van der Waals surface area contributed by atoms with Crippen LogP contribution in [0.3, 0.4) is 0 Å². The van der Waals surface area contributed by atoms with Crippen LogP contribution in [0, 0.1) is 0 Å². The minimum Gasteiger partial charge on any atom is -0.452 e. The van der Waals surface area contributed by atoms with Crippen LogP contribution in [0.1, 0.15) is 25.5 Å². The highest BCUT2D eigenvalue weighted by Gasteiger charge is 2.27. The van der Waals surface area contributed by atoms with Crippen LogP contribution in [0.4, 0.5) is 0 Å². The van der Waals surface area contributed by atoms with Crippen LogP contribution in [-0.2, 0) is 16.6 Å². The molecule has 0 amide bonds. The first-order valence-corrected chi connectivity index (χ1v) is 8.97. The molecule has 1 aliphatic heterocycles. The van der Waals surface area contributed by atoms with Gasteiger partial charge in [0.15, 0.2) is 4.67 Å². The molecule has 1 aromatic rings. The second-order valence-corrected chi connectivity index (χ2v) is 7.29. The summed E-state index contributed by atoms with van der Waals surface area (Å²) in [6.45, 7) is 4.66. The molecule has 8 heteroatoms. The zero-order chi connectivity index (χ0) is 14.8. The van der Waals surface area contributed by atoms with Crippen LogP contribution < -0.4 is 10.5 Å². The van der Waals surface area contributed by atoms with E-state index < -0.39 is 10.0 Å². The van der Waals surface area contributed by atoms with Crippen LogP contribution in [0.25, 0.3) is 0 Å². The van der Waals surface area contributed by atoms with Crippen molar-refractivity contribution in [3.05, 3.63) is 16.5 Å². The quantitative estimate of drug-likeness (QED) is 0.792. The maximum Gasteiger partial charge on any atom is 0.245 e. The fourth-order valence-electron chi connectivity index (χ4n) is 2.51. The summed E-state index contributed by atoms with van der Waals surface area (Å²) >= 11 is 3.12. The molecule has 2 rings (SSSR count). The molecule has 1 unspecified atom stereocenters. The average molecular weight is 366 g/mol. The van der Waals surface area contributed by atoms with E-state index in [0.717, 1.165) is 25.9 Å². The number of sulfonamides is 1. The van der Waals surface area contributed by atoms with Crippen molar-refractivity contribution in [3.8, 4) is 0 Å². The van der Waals surface area contributed by atoms with Gasteiger partial charge in [0, 0.05) is 18.7 Å². The topological polar surface area (TPSA) is 88.6 Å². The van der Waals surface area contributed by atoms with E-state index in [4.69, 9.17) is 10.2 Å². The van der Waals surface area contributed by atoms with Gasteiger partial charge in [-0.2, -0.15) is 0 Å². The van der Waals surface area contributed by atoms with Gasteiger partial charge in [0.1, 0.15) is 10.7 Å². The van der Waals surface area contributed by atoms with Crippen LogP contribution in [-0.4, -0.2) is 39.0 Å². The Morgan fingerprint density at radius 1 is 1.60 bits per heavy atom. The van der Waals surface area contributed by atoms with E-state index in [1.807, 2.05) is 0 Å². The van der Waals surface area contributed by atoms with E-state index in [-0.39, 0.29) is 22.2 Å². The molecule has 114 valence electrons. The van der Waals surface area contributed by atoms with Crippen molar-refractivity contribution in [3.63, 3.8) is 0 Å². The Morgan fingerprint density at radius 2 is 2.35 bits per heavy atom. The molecule has 0 spiro atoms. The van der Waals surface area contributed by atoms with Gasteiger partial charge in [-0.15, -0.1) is 0 Å². The normalized spacial score (nSPS) is 20.6. The molecule has 0 bridgehead atoms. The molecule has 20 heavy (non-hydrogen) atoms. The fourth-order valence-corrected chi connectivity index (χ4v) is 4.58. The van der Waals surface area contributed by atoms with Gasteiger partial charge in [0.25, 0.3) is 0 Å². The molecule has 1 aromatic heterocycles. The molecule has 2 heterocycles. The van der Waals surface area contributed by atoms with Crippen LogP contribution in [0.2, 0.25) is 0 Å². The Bertz CT molecular complexity index is 558. The van der Waals surface area contributed by atoms with Gasteiger partial charge in [-0.05, 0) is 41.9 Å². The van der Waals surface area contributed by atoms with Crippen LogP contribution >= 0.6 is 15.9 Å². The smallest absolute Gasteiger partial charge is 0.245 e. The zero-order valence-electron chi connectivity index (χ0n) is 11.4. The van der Waals surface area contributed by atoms with Crippen molar-refractivity contribution >= 4 is 26.0 Å². The summed E-state index contributed by atoms with van der Waals surface area (Å²) in [6, 6.07) is 1.73. The minimum atomic E-state index is -3.57. The van der Waals surface area contributed by atoms with Gasteiger partial charge in [-0.1, -0.05) is 6.92 Å². The summed E-state index contributed by atoms with van der Waals surface area (Å²) in [5.74, 6) is 0.438. The van der Waals surface area contributed by atoms with Crippen LogP contribution in [0.5, 0.6) is 0 Å². The van der Waals surface area contributed by atoms with Gasteiger partial charge < -0.3 is 10.2 Å². The fraction of sp³-hybridized carbons (Fsp3) is 0.667. The number of likely N-dealkylation sites (tertiary alicyclic amines) is 1. The molecule has 3 N–H and O–H groups in total. The first kappa shape index (κ1) is 16.0. The van der Waals surface area contributed by atoms with E-state index in [1.165, 1.54) is 6.07 Å². The molecule has 0 aromatic carbocycles. The van der Waals surface area contributed by atoms with Gasteiger partial charge in [-0.25, -0.2) is 13.1 Å². The van der Waals surface area contributed by atoms with E-state index in [9.17, 15) is 8.42 Å². The van der Waals surface area contributed by atoms with Gasteiger partial charge in [0.2, 0.25) is 10.0 Å². The predicted octanol–water partition coefficient (Wildman–Crippen LogP) is 1.26. The highest BCUT2D eigenvalue weighted by Crippen LogP contribution is 2.26. The molecule has 1 fully saturated rings. The maximum absolute atomic E-state index is 12.3. The average Bonchev–Trinajstić information content (AvgIpc) is 3.02. The van der Waals surface area contributed by atoms with Crippen molar-refractivity contribution in [2.24, 2.45) is 5.73 Å². The Labute approximate surface area is 127 Å². The Balaban J connectivity index is 2.05. The molecule has 6 nitrogen and oxygen atoms in total. The number of hydrogen-bond acceptors (Lipinski definition) is 5. The summed E-state index contributed by atoms with van der Waals surface area (Å²) in [5.41, 5.74) is 5.45. The number of furan rings is 1. The Kier molecular flexibility index (Phi) is 5.25. The second-order valence-electron chi connectivity index (χ2n) is 4.83. The lowest BCUT2D eigenvalue weighted by Crippen LogP contribution is -2.39. The molecule has 1 aliphatic rings.